The first-order chi connectivity index (χ1) is 16.0. The molecular weight excluding hydrogens is 424 g/mol. The number of nitrogens with zero attached hydrogens (tertiary/aromatic N) is 3. The first-order valence-corrected chi connectivity index (χ1v) is 10.6. The number of nitrogens with one attached hydrogen (secondary N) is 3. The zero-order valence-electron chi connectivity index (χ0n) is 18.1. The van der Waals surface area contributed by atoms with Gasteiger partial charge in [0.15, 0.2) is 5.89 Å². The molecule has 0 aliphatic heterocycles. The van der Waals surface area contributed by atoms with Gasteiger partial charge in [0.1, 0.15) is 6.54 Å². The van der Waals surface area contributed by atoms with Crippen molar-refractivity contribution < 1.29 is 18.8 Å². The summed E-state index contributed by atoms with van der Waals surface area (Å²) >= 11 is 0. The zero-order chi connectivity index (χ0) is 23.2. The van der Waals surface area contributed by atoms with Crippen LogP contribution < -0.4 is 16.0 Å². The van der Waals surface area contributed by atoms with Gasteiger partial charge >= 0.3 is 0 Å². The molecule has 3 amide bonds. The van der Waals surface area contributed by atoms with Crippen molar-refractivity contribution in [3.63, 3.8) is 0 Å². The maximum atomic E-state index is 12.2. The van der Waals surface area contributed by atoms with Crippen LogP contribution in [0.5, 0.6) is 0 Å². The smallest absolute Gasteiger partial charge is 0.293 e. The summed E-state index contributed by atoms with van der Waals surface area (Å²) in [6, 6.07) is 5.25. The summed E-state index contributed by atoms with van der Waals surface area (Å²) in [7, 11) is 0. The molecule has 0 bridgehead atoms. The molecule has 1 aromatic carbocycles. The van der Waals surface area contributed by atoms with Crippen molar-refractivity contribution in [1.82, 2.24) is 25.4 Å². The van der Waals surface area contributed by atoms with Gasteiger partial charge in [0, 0.05) is 42.9 Å². The summed E-state index contributed by atoms with van der Waals surface area (Å²) in [6.45, 7) is 2.36. The lowest BCUT2D eigenvalue weighted by Gasteiger charge is -2.09. The maximum absolute atomic E-state index is 12.2. The molecule has 4 rings (SSSR count). The number of aromatic nitrogens is 3. The second-order valence-corrected chi connectivity index (χ2v) is 7.54. The second kappa shape index (κ2) is 9.94. The molecule has 0 unspecified atom stereocenters. The van der Waals surface area contributed by atoms with E-state index in [9.17, 15) is 14.4 Å². The predicted octanol–water partition coefficient (Wildman–Crippen LogP) is 2.09. The van der Waals surface area contributed by atoms with E-state index in [0.29, 0.717) is 35.8 Å². The third kappa shape index (κ3) is 5.73. The third-order valence-corrected chi connectivity index (χ3v) is 4.95. The number of allylic oxidation sites excluding steroid dienone is 2. The summed E-state index contributed by atoms with van der Waals surface area (Å²) in [5.41, 5.74) is 1.92. The van der Waals surface area contributed by atoms with Gasteiger partial charge < -0.3 is 20.4 Å². The van der Waals surface area contributed by atoms with E-state index in [0.717, 1.165) is 18.2 Å². The Bertz CT molecular complexity index is 1250. The van der Waals surface area contributed by atoms with Crippen molar-refractivity contribution in [1.29, 1.82) is 0 Å². The highest BCUT2D eigenvalue weighted by atomic mass is 16.4. The highest BCUT2D eigenvalue weighted by molar-refractivity contribution is 6.03. The molecule has 10 heteroatoms. The minimum atomic E-state index is -0.399. The van der Waals surface area contributed by atoms with Crippen molar-refractivity contribution >= 4 is 34.3 Å². The van der Waals surface area contributed by atoms with Gasteiger partial charge in [-0.3, -0.25) is 19.1 Å². The molecule has 3 aromatic rings. The fourth-order valence-electron chi connectivity index (χ4n) is 3.36. The number of rotatable bonds is 8. The number of aryl methyl sites for hydroxylation is 1. The highest BCUT2D eigenvalue weighted by Gasteiger charge is 2.13. The van der Waals surface area contributed by atoms with Gasteiger partial charge in [0.2, 0.25) is 11.7 Å². The van der Waals surface area contributed by atoms with E-state index < -0.39 is 5.91 Å². The number of carbonyl (C=O) groups is 3. The molecule has 3 N–H and O–H groups in total. The van der Waals surface area contributed by atoms with Crippen LogP contribution in [-0.4, -0.2) is 45.6 Å². The van der Waals surface area contributed by atoms with E-state index in [2.05, 4.69) is 26.0 Å². The molecule has 0 atom stereocenters. The average Bonchev–Trinajstić information content (AvgIpc) is 3.42. The van der Waals surface area contributed by atoms with Crippen molar-refractivity contribution in [2.24, 2.45) is 0 Å². The monoisotopic (exact) mass is 448 g/mol. The van der Waals surface area contributed by atoms with E-state index in [4.69, 9.17) is 4.42 Å². The summed E-state index contributed by atoms with van der Waals surface area (Å²) < 4.78 is 6.75. The lowest BCUT2D eigenvalue weighted by atomic mass is 10.1. The Hall–Kier alpha value is -4.21. The molecule has 0 saturated heterocycles. The zero-order valence-corrected chi connectivity index (χ0v) is 18.1. The summed E-state index contributed by atoms with van der Waals surface area (Å²) in [4.78, 5) is 40.4. The quantitative estimate of drug-likeness (QED) is 0.452. The van der Waals surface area contributed by atoms with Gasteiger partial charge in [-0.1, -0.05) is 18.2 Å². The Kier molecular flexibility index (Phi) is 6.63. The topological polar surface area (TPSA) is 131 Å². The molecule has 2 aromatic heterocycles. The van der Waals surface area contributed by atoms with Crippen molar-refractivity contribution in [2.75, 3.05) is 18.4 Å². The number of anilines is 1. The Morgan fingerprint density at radius 2 is 1.97 bits per heavy atom. The van der Waals surface area contributed by atoms with Crippen LogP contribution in [0.4, 0.5) is 5.69 Å². The molecule has 0 saturated carbocycles. The van der Waals surface area contributed by atoms with Gasteiger partial charge in [0.25, 0.3) is 11.8 Å². The Balaban J connectivity index is 1.26. The molecule has 1 aliphatic carbocycles. The van der Waals surface area contributed by atoms with Gasteiger partial charge in [-0.15, -0.1) is 0 Å². The Morgan fingerprint density at radius 3 is 2.73 bits per heavy atom. The largest absolute Gasteiger partial charge is 0.436 e. The first-order valence-electron chi connectivity index (χ1n) is 10.6. The highest BCUT2D eigenvalue weighted by Crippen LogP contribution is 2.19. The molecule has 0 fully saturated rings. The number of fused-ring (bicyclic) bond motifs is 1. The fraction of sp³-hybridized carbons (Fsp3) is 0.261. The Morgan fingerprint density at radius 1 is 1.12 bits per heavy atom. The third-order valence-electron chi connectivity index (χ3n) is 4.95. The lowest BCUT2D eigenvalue weighted by molar-refractivity contribution is -0.122. The molecule has 1 aliphatic rings. The lowest BCUT2D eigenvalue weighted by Crippen LogP contribution is -2.36. The van der Waals surface area contributed by atoms with Crippen LogP contribution in [0.3, 0.4) is 0 Å². The molecular formula is C23H24N6O4. The summed E-state index contributed by atoms with van der Waals surface area (Å²) in [5.74, 6) is -0.216. The minimum absolute atomic E-state index is 0.0373. The van der Waals surface area contributed by atoms with Gasteiger partial charge in [-0.25, -0.2) is 4.98 Å². The SMILES string of the molecule is Cc1ncc(C(=O)Nc2ccc3nn(CC(=O)NCCNC(=O)C4=CCCC=C4)cc3c2)o1. The van der Waals surface area contributed by atoms with E-state index >= 15 is 0 Å². The van der Waals surface area contributed by atoms with E-state index in [1.165, 1.54) is 10.9 Å². The molecule has 0 spiro atoms. The van der Waals surface area contributed by atoms with Crippen molar-refractivity contribution in [2.45, 2.75) is 26.3 Å². The first kappa shape index (κ1) is 22.0. The predicted molar refractivity (Wildman–Crippen MR) is 121 cm³/mol. The standard InChI is InChI=1S/C23H24N6O4/c1-15-26-12-20(33-15)23(32)27-18-7-8-19-17(11-18)13-29(28-19)14-21(30)24-9-10-25-22(31)16-5-3-2-4-6-16/h3,5-8,11-13H,2,4,9-10,14H2,1H3,(H,24,30)(H,25,31)(H,27,32). The van der Waals surface area contributed by atoms with Crippen LogP contribution in [0, 0.1) is 6.92 Å². The van der Waals surface area contributed by atoms with E-state index in [1.807, 2.05) is 18.2 Å². The number of oxazole rings is 1. The molecule has 170 valence electrons. The van der Waals surface area contributed by atoms with Crippen LogP contribution in [0.2, 0.25) is 0 Å². The van der Waals surface area contributed by atoms with Gasteiger partial charge in [-0.05, 0) is 31.0 Å². The summed E-state index contributed by atoms with van der Waals surface area (Å²) in [5, 5.41) is 13.5. The van der Waals surface area contributed by atoms with Crippen molar-refractivity contribution in [3.05, 3.63) is 66.0 Å². The molecule has 10 nitrogen and oxygen atoms in total. The number of carbonyl (C=O) groups excluding carboxylic acids is 3. The van der Waals surface area contributed by atoms with Crippen LogP contribution in [0.25, 0.3) is 10.9 Å². The van der Waals surface area contributed by atoms with E-state index in [1.54, 1.807) is 31.3 Å². The fourth-order valence-corrected chi connectivity index (χ4v) is 3.36. The number of benzene rings is 1. The van der Waals surface area contributed by atoms with Crippen molar-refractivity contribution in [3.8, 4) is 0 Å². The summed E-state index contributed by atoms with van der Waals surface area (Å²) in [6.07, 6.45) is 10.6. The van der Waals surface area contributed by atoms with Gasteiger partial charge in [-0.2, -0.15) is 5.10 Å². The molecule has 33 heavy (non-hydrogen) atoms. The van der Waals surface area contributed by atoms with E-state index in [-0.39, 0.29) is 24.1 Å². The average molecular weight is 448 g/mol. The number of hydrogen-bond acceptors (Lipinski definition) is 6. The number of amides is 3. The van der Waals surface area contributed by atoms with Crippen LogP contribution in [-0.2, 0) is 16.1 Å². The Labute approximate surface area is 189 Å². The number of hydrogen-bond donors (Lipinski definition) is 3. The molecule has 0 radical (unpaired) electrons. The van der Waals surface area contributed by atoms with Crippen LogP contribution >= 0.6 is 0 Å². The second-order valence-electron chi connectivity index (χ2n) is 7.54. The van der Waals surface area contributed by atoms with Gasteiger partial charge in [0.05, 0.1) is 11.7 Å². The minimum Gasteiger partial charge on any atom is -0.436 e. The normalized spacial score (nSPS) is 12.9. The molecule has 2 heterocycles. The maximum Gasteiger partial charge on any atom is 0.293 e. The van der Waals surface area contributed by atoms with Crippen LogP contribution in [0.1, 0.15) is 29.3 Å². The van der Waals surface area contributed by atoms with Crippen LogP contribution in [0.15, 0.2) is 58.8 Å².